The van der Waals surface area contributed by atoms with Crippen LogP contribution in [0.3, 0.4) is 0 Å². The third-order valence-corrected chi connectivity index (χ3v) is 5.56. The largest absolute Gasteiger partial charge is 0.468 e. The number of methoxy groups -OCH3 is 1. The van der Waals surface area contributed by atoms with E-state index in [0.717, 1.165) is 0 Å². The van der Waals surface area contributed by atoms with Crippen LogP contribution in [-0.2, 0) is 19.4 Å². The van der Waals surface area contributed by atoms with E-state index < -0.39 is 15.4 Å². The Morgan fingerprint density at radius 2 is 1.81 bits per heavy atom. The van der Waals surface area contributed by atoms with Gasteiger partial charge in [-0.05, 0) is 34.1 Å². The van der Waals surface area contributed by atoms with Crippen LogP contribution >= 0.6 is 0 Å². The second-order valence-corrected chi connectivity index (χ2v) is 8.67. The molecule has 0 aromatic rings. The first-order chi connectivity index (χ1) is 9.59. The molecular formula is C14H28N2O4S. The average Bonchev–Trinajstić information content (AvgIpc) is 2.36. The molecule has 1 aliphatic heterocycles. The Labute approximate surface area is 128 Å². The fourth-order valence-corrected chi connectivity index (χ4v) is 4.18. The molecule has 0 aromatic heterocycles. The molecule has 124 valence electrons. The summed E-state index contributed by atoms with van der Waals surface area (Å²) in [7, 11) is -1.49. The van der Waals surface area contributed by atoms with Gasteiger partial charge in [0.15, 0.2) is 9.84 Å². The van der Waals surface area contributed by atoms with Gasteiger partial charge in [-0.3, -0.25) is 15.0 Å². The van der Waals surface area contributed by atoms with Crippen molar-refractivity contribution in [2.45, 2.75) is 51.7 Å². The summed E-state index contributed by atoms with van der Waals surface area (Å²) in [5, 5.41) is 3.27. The fourth-order valence-electron chi connectivity index (χ4n) is 2.95. The van der Waals surface area contributed by atoms with Crippen LogP contribution < -0.4 is 5.32 Å². The number of nitrogens with one attached hydrogen (secondary N) is 1. The summed E-state index contributed by atoms with van der Waals surface area (Å²) in [6, 6.07) is 0.263. The summed E-state index contributed by atoms with van der Waals surface area (Å²) in [4.78, 5) is 14.2. The summed E-state index contributed by atoms with van der Waals surface area (Å²) >= 11 is 0. The molecule has 0 aromatic carbocycles. The quantitative estimate of drug-likeness (QED) is 0.715. The van der Waals surface area contributed by atoms with Crippen molar-refractivity contribution in [1.82, 2.24) is 10.2 Å². The van der Waals surface area contributed by atoms with Crippen molar-refractivity contribution in [3.05, 3.63) is 0 Å². The average molecular weight is 320 g/mol. The van der Waals surface area contributed by atoms with E-state index in [1.165, 1.54) is 7.11 Å². The van der Waals surface area contributed by atoms with Crippen molar-refractivity contribution in [1.29, 1.82) is 0 Å². The van der Waals surface area contributed by atoms with Gasteiger partial charge in [-0.1, -0.05) is 0 Å². The van der Waals surface area contributed by atoms with E-state index in [9.17, 15) is 13.2 Å². The molecule has 1 fully saturated rings. The van der Waals surface area contributed by atoms with Crippen molar-refractivity contribution < 1.29 is 17.9 Å². The molecule has 1 heterocycles. The second kappa shape index (κ2) is 7.07. The summed E-state index contributed by atoms with van der Waals surface area (Å²) in [6.45, 7) is 8.90. The molecule has 1 saturated heterocycles. The third kappa shape index (κ3) is 5.23. The van der Waals surface area contributed by atoms with Crippen molar-refractivity contribution in [2.24, 2.45) is 0 Å². The van der Waals surface area contributed by atoms with E-state index in [1.807, 2.05) is 27.7 Å². The zero-order chi connectivity index (χ0) is 16.3. The van der Waals surface area contributed by atoms with Gasteiger partial charge < -0.3 is 4.74 Å². The van der Waals surface area contributed by atoms with Gasteiger partial charge in [0.1, 0.15) is 5.54 Å². The zero-order valence-electron chi connectivity index (χ0n) is 13.7. The van der Waals surface area contributed by atoms with Gasteiger partial charge in [0.05, 0.1) is 18.6 Å². The smallest absolute Gasteiger partial charge is 0.325 e. The van der Waals surface area contributed by atoms with Gasteiger partial charge in [-0.2, -0.15) is 0 Å². The van der Waals surface area contributed by atoms with Crippen molar-refractivity contribution in [2.75, 3.05) is 31.7 Å². The summed E-state index contributed by atoms with van der Waals surface area (Å²) in [5.74, 6) is 0.112. The monoisotopic (exact) mass is 320 g/mol. The normalized spacial score (nSPS) is 23.5. The first-order valence-electron chi connectivity index (χ1n) is 7.40. The SMILES string of the molecule is COC(=O)C(C)(CC(C)N1CCS(=O)(=O)CC1)NC(C)C. The minimum Gasteiger partial charge on any atom is -0.468 e. The molecule has 0 amide bonds. The number of carbonyl (C=O) groups is 1. The van der Waals surface area contributed by atoms with E-state index in [-0.39, 0.29) is 29.6 Å². The molecule has 6 nitrogen and oxygen atoms in total. The van der Waals surface area contributed by atoms with E-state index >= 15 is 0 Å². The lowest BCUT2D eigenvalue weighted by atomic mass is 9.92. The van der Waals surface area contributed by atoms with Crippen molar-refractivity contribution in [3.63, 3.8) is 0 Å². The molecule has 0 bridgehead atoms. The maximum absolute atomic E-state index is 12.1. The minimum atomic E-state index is -2.88. The Hall–Kier alpha value is -0.660. The highest BCUT2D eigenvalue weighted by Gasteiger charge is 2.38. The van der Waals surface area contributed by atoms with Crippen LogP contribution in [-0.4, -0.2) is 68.6 Å². The van der Waals surface area contributed by atoms with Gasteiger partial charge in [0, 0.05) is 25.2 Å². The van der Waals surface area contributed by atoms with Crippen LogP contribution in [0.2, 0.25) is 0 Å². The van der Waals surface area contributed by atoms with Gasteiger partial charge in [-0.25, -0.2) is 8.42 Å². The van der Waals surface area contributed by atoms with Crippen LogP contribution in [0.5, 0.6) is 0 Å². The van der Waals surface area contributed by atoms with Crippen LogP contribution in [0.4, 0.5) is 0 Å². The maximum Gasteiger partial charge on any atom is 0.325 e. The molecule has 2 atom stereocenters. The van der Waals surface area contributed by atoms with Crippen molar-refractivity contribution in [3.8, 4) is 0 Å². The number of ether oxygens (including phenoxy) is 1. The molecule has 1 aliphatic rings. The fraction of sp³-hybridized carbons (Fsp3) is 0.929. The Morgan fingerprint density at radius 1 is 1.29 bits per heavy atom. The van der Waals surface area contributed by atoms with Crippen LogP contribution in [0, 0.1) is 0 Å². The standard InChI is InChI=1S/C14H28N2O4S/c1-11(2)15-14(4,13(17)20-5)10-12(3)16-6-8-21(18,19)9-7-16/h11-12,15H,6-10H2,1-5H3. The van der Waals surface area contributed by atoms with E-state index in [0.29, 0.717) is 19.5 Å². The number of rotatable bonds is 6. The van der Waals surface area contributed by atoms with Gasteiger partial charge >= 0.3 is 5.97 Å². The van der Waals surface area contributed by atoms with Crippen molar-refractivity contribution >= 4 is 15.8 Å². The first-order valence-corrected chi connectivity index (χ1v) is 9.22. The number of sulfone groups is 1. The van der Waals surface area contributed by atoms with E-state index in [1.54, 1.807) is 0 Å². The highest BCUT2D eigenvalue weighted by molar-refractivity contribution is 7.91. The highest BCUT2D eigenvalue weighted by Crippen LogP contribution is 2.20. The molecule has 1 N–H and O–H groups in total. The summed E-state index contributed by atoms with van der Waals surface area (Å²) < 4.78 is 27.9. The number of hydrogen-bond acceptors (Lipinski definition) is 6. The van der Waals surface area contributed by atoms with E-state index in [4.69, 9.17) is 4.74 Å². The molecule has 0 radical (unpaired) electrons. The lowest BCUT2D eigenvalue weighted by Crippen LogP contribution is -2.57. The second-order valence-electron chi connectivity index (χ2n) is 6.36. The lowest BCUT2D eigenvalue weighted by Gasteiger charge is -2.38. The molecule has 21 heavy (non-hydrogen) atoms. The van der Waals surface area contributed by atoms with Crippen LogP contribution in [0.1, 0.15) is 34.1 Å². The third-order valence-electron chi connectivity index (χ3n) is 3.95. The van der Waals surface area contributed by atoms with Gasteiger partial charge in [-0.15, -0.1) is 0 Å². The molecule has 7 heteroatoms. The number of hydrogen-bond donors (Lipinski definition) is 1. The summed E-state index contributed by atoms with van der Waals surface area (Å²) in [5.41, 5.74) is -0.765. The van der Waals surface area contributed by atoms with Crippen LogP contribution in [0.15, 0.2) is 0 Å². The topological polar surface area (TPSA) is 75.7 Å². The molecule has 0 spiro atoms. The Bertz CT molecular complexity index is 450. The Balaban J connectivity index is 2.72. The lowest BCUT2D eigenvalue weighted by molar-refractivity contribution is -0.149. The number of nitrogens with zero attached hydrogens (tertiary/aromatic N) is 1. The number of carbonyl (C=O) groups excluding carboxylic acids is 1. The molecular weight excluding hydrogens is 292 g/mol. The van der Waals surface area contributed by atoms with E-state index in [2.05, 4.69) is 10.2 Å². The predicted molar refractivity (Wildman–Crippen MR) is 83.0 cm³/mol. The number of esters is 1. The molecule has 1 rings (SSSR count). The predicted octanol–water partition coefficient (Wildman–Crippen LogP) is 0.425. The Morgan fingerprint density at radius 3 is 2.24 bits per heavy atom. The van der Waals surface area contributed by atoms with Gasteiger partial charge in [0.25, 0.3) is 0 Å². The first kappa shape index (κ1) is 18.4. The zero-order valence-corrected chi connectivity index (χ0v) is 14.5. The van der Waals surface area contributed by atoms with Crippen LogP contribution in [0.25, 0.3) is 0 Å². The maximum atomic E-state index is 12.1. The van der Waals surface area contributed by atoms with Gasteiger partial charge in [0.2, 0.25) is 0 Å². The summed E-state index contributed by atoms with van der Waals surface area (Å²) in [6.07, 6.45) is 0.581. The minimum absolute atomic E-state index is 0.107. The Kier molecular flexibility index (Phi) is 6.19. The molecule has 2 unspecified atom stereocenters. The highest BCUT2D eigenvalue weighted by atomic mass is 32.2. The molecule has 0 aliphatic carbocycles. The molecule has 0 saturated carbocycles.